The predicted molar refractivity (Wildman–Crippen MR) is 136 cm³/mol. The van der Waals surface area contributed by atoms with Crippen LogP contribution in [-0.4, -0.2) is 12.6 Å². The van der Waals surface area contributed by atoms with Gasteiger partial charge in [-0.25, -0.2) is 0 Å². The van der Waals surface area contributed by atoms with E-state index in [1.807, 2.05) is 36.4 Å². The lowest BCUT2D eigenvalue weighted by atomic mass is 9.91. The van der Waals surface area contributed by atoms with Crippen molar-refractivity contribution in [2.24, 2.45) is 0 Å². The molecule has 0 saturated carbocycles. The predicted octanol–water partition coefficient (Wildman–Crippen LogP) is 8.96. The van der Waals surface area contributed by atoms with Gasteiger partial charge in [0.25, 0.3) is 0 Å². The smallest absolute Gasteiger partial charge is 0.0654 e. The molecule has 8 heteroatoms. The van der Waals surface area contributed by atoms with Crippen molar-refractivity contribution in [2.75, 3.05) is 11.4 Å². The van der Waals surface area contributed by atoms with Gasteiger partial charge < -0.3 is 4.90 Å². The van der Waals surface area contributed by atoms with Gasteiger partial charge in [-0.1, -0.05) is 70.1 Å². The normalized spacial score (nSPS) is 18.9. The van der Waals surface area contributed by atoms with Crippen LogP contribution in [0.5, 0.6) is 0 Å². The van der Waals surface area contributed by atoms with E-state index in [0.717, 1.165) is 35.0 Å². The van der Waals surface area contributed by atoms with Gasteiger partial charge in [0, 0.05) is 37.6 Å². The minimum absolute atomic E-state index is 0.144. The van der Waals surface area contributed by atoms with E-state index in [1.165, 1.54) is 5.56 Å². The first-order valence-electron chi connectivity index (χ1n) is 9.74. The fourth-order valence-corrected chi connectivity index (χ4v) is 6.00. The number of hydrogen-bond acceptors (Lipinski definition) is 3. The Morgan fingerprint density at radius 3 is 2.13 bits per heavy atom. The summed E-state index contributed by atoms with van der Waals surface area (Å²) >= 11 is 32.6. The first-order chi connectivity index (χ1) is 14.9. The zero-order chi connectivity index (χ0) is 22.0. The molecule has 2 unspecified atom stereocenters. The van der Waals surface area contributed by atoms with E-state index in [9.17, 15) is 0 Å². The highest BCUT2D eigenvalue weighted by Crippen LogP contribution is 2.40. The zero-order valence-corrected chi connectivity index (χ0v) is 20.9. The Hall–Kier alpha value is -0.780. The zero-order valence-electron chi connectivity index (χ0n) is 16.3. The van der Waals surface area contributed by atoms with Crippen LogP contribution in [0.3, 0.4) is 0 Å². The third-order valence-electron chi connectivity index (χ3n) is 5.26. The van der Waals surface area contributed by atoms with Crippen LogP contribution in [-0.2, 0) is 0 Å². The lowest BCUT2D eigenvalue weighted by Gasteiger charge is -2.42. The van der Waals surface area contributed by atoms with Gasteiger partial charge in [0.15, 0.2) is 0 Å². The number of nitrogens with zero attached hydrogens (tertiary/aromatic N) is 1. The summed E-state index contributed by atoms with van der Waals surface area (Å²) in [6.45, 7) is 0.850. The molecule has 1 aliphatic rings. The second kappa shape index (κ2) is 10.4. The molecule has 0 radical (unpaired) electrons. The maximum absolute atomic E-state index is 6.56. The average molecular weight is 533 g/mol. The molecule has 0 amide bonds. The molecule has 0 aliphatic carbocycles. The number of benzene rings is 3. The van der Waals surface area contributed by atoms with Crippen molar-refractivity contribution in [3.8, 4) is 0 Å². The number of nitrogens with one attached hydrogen (secondary N) is 1. The molecule has 3 aromatic carbocycles. The Labute approximate surface area is 211 Å². The Balaban J connectivity index is 1.55. The van der Waals surface area contributed by atoms with Gasteiger partial charge in [-0.3, -0.25) is 4.72 Å². The molecule has 0 bridgehead atoms. The highest BCUT2D eigenvalue weighted by molar-refractivity contribution is 7.97. The molecule has 162 valence electrons. The van der Waals surface area contributed by atoms with Gasteiger partial charge in [-0.05, 0) is 78.9 Å². The molecule has 1 N–H and O–H groups in total. The van der Waals surface area contributed by atoms with Gasteiger partial charge >= 0.3 is 0 Å². The molecule has 2 atom stereocenters. The fourth-order valence-electron chi connectivity index (χ4n) is 3.81. The Morgan fingerprint density at radius 1 is 0.774 bits per heavy atom. The van der Waals surface area contributed by atoms with E-state index in [0.29, 0.717) is 26.1 Å². The molecule has 1 fully saturated rings. The van der Waals surface area contributed by atoms with Crippen LogP contribution in [0.1, 0.15) is 24.4 Å². The van der Waals surface area contributed by atoms with Crippen molar-refractivity contribution in [2.45, 2.75) is 29.8 Å². The first-order valence-corrected chi connectivity index (χ1v) is 12.5. The maximum Gasteiger partial charge on any atom is 0.0654 e. The Bertz CT molecular complexity index is 1040. The summed E-state index contributed by atoms with van der Waals surface area (Å²) in [7, 11) is 0. The Morgan fingerprint density at radius 2 is 1.45 bits per heavy atom. The third kappa shape index (κ3) is 5.97. The topological polar surface area (TPSA) is 15.3 Å². The summed E-state index contributed by atoms with van der Waals surface area (Å²) in [5.74, 6) is 0. The lowest BCUT2D eigenvalue weighted by molar-refractivity contribution is 0.404. The first kappa shape index (κ1) is 23.4. The van der Waals surface area contributed by atoms with Crippen molar-refractivity contribution in [3.05, 3.63) is 91.3 Å². The minimum Gasteiger partial charge on any atom is -0.363 e. The molecule has 4 rings (SSSR count). The van der Waals surface area contributed by atoms with Crippen LogP contribution in [0.25, 0.3) is 0 Å². The molecule has 3 aromatic rings. The number of anilines is 1. The highest BCUT2D eigenvalue weighted by Gasteiger charge is 2.31. The summed E-state index contributed by atoms with van der Waals surface area (Å²) in [4.78, 5) is 3.34. The van der Waals surface area contributed by atoms with Crippen molar-refractivity contribution < 1.29 is 0 Å². The molecule has 1 aliphatic heterocycles. The summed E-state index contributed by atoms with van der Waals surface area (Å²) in [6.07, 6.45) is 1.87. The van der Waals surface area contributed by atoms with Crippen molar-refractivity contribution in [3.63, 3.8) is 0 Å². The monoisotopic (exact) mass is 530 g/mol. The van der Waals surface area contributed by atoms with E-state index in [1.54, 1.807) is 24.1 Å². The second-order valence-electron chi connectivity index (χ2n) is 7.40. The standard InChI is InChI=1S/C23H19Cl5N2S/c24-15-3-1-14(2-4-15)23-13-19(29-31-20-10-17(26)9-18(27)11-20)7-8-30(23)22-6-5-16(25)12-21(22)28/h1-6,9-12,19,23,29H,7-8,13H2. The van der Waals surface area contributed by atoms with Crippen LogP contribution < -0.4 is 9.62 Å². The summed E-state index contributed by atoms with van der Waals surface area (Å²) in [5, 5.41) is 3.26. The second-order valence-corrected chi connectivity index (χ2v) is 10.5. The van der Waals surface area contributed by atoms with Crippen LogP contribution in [0, 0.1) is 0 Å². The summed E-state index contributed by atoms with van der Waals surface area (Å²) < 4.78 is 3.59. The fraction of sp³-hybridized carbons (Fsp3) is 0.217. The largest absolute Gasteiger partial charge is 0.363 e. The molecule has 0 aromatic heterocycles. The van der Waals surface area contributed by atoms with E-state index in [4.69, 9.17) is 58.0 Å². The summed E-state index contributed by atoms with van der Waals surface area (Å²) in [6, 6.07) is 19.7. The van der Waals surface area contributed by atoms with Crippen LogP contribution in [0.15, 0.2) is 65.6 Å². The highest BCUT2D eigenvalue weighted by atomic mass is 35.5. The van der Waals surface area contributed by atoms with Crippen LogP contribution in [0.2, 0.25) is 25.1 Å². The van der Waals surface area contributed by atoms with E-state index in [2.05, 4.69) is 21.8 Å². The number of piperidine rings is 1. The molecule has 31 heavy (non-hydrogen) atoms. The van der Waals surface area contributed by atoms with Crippen molar-refractivity contribution in [1.29, 1.82) is 0 Å². The van der Waals surface area contributed by atoms with E-state index >= 15 is 0 Å². The molecule has 2 nitrogen and oxygen atoms in total. The number of hydrogen-bond donors (Lipinski definition) is 1. The Kier molecular flexibility index (Phi) is 7.87. The SMILES string of the molecule is Clc1ccc(C2CC(NSc3cc(Cl)cc(Cl)c3)CCN2c2ccc(Cl)cc2Cl)cc1. The van der Waals surface area contributed by atoms with E-state index in [-0.39, 0.29) is 6.04 Å². The summed E-state index contributed by atoms with van der Waals surface area (Å²) in [5.41, 5.74) is 2.18. The van der Waals surface area contributed by atoms with Gasteiger partial charge in [0.05, 0.1) is 16.8 Å². The van der Waals surface area contributed by atoms with Crippen molar-refractivity contribution in [1.82, 2.24) is 4.72 Å². The quantitative estimate of drug-likeness (QED) is 0.330. The average Bonchev–Trinajstić information content (AvgIpc) is 2.72. The van der Waals surface area contributed by atoms with Gasteiger partial charge in [-0.15, -0.1) is 0 Å². The van der Waals surface area contributed by atoms with Gasteiger partial charge in [0.2, 0.25) is 0 Å². The minimum atomic E-state index is 0.144. The molecular formula is C23H19Cl5N2S. The lowest BCUT2D eigenvalue weighted by Crippen LogP contribution is -2.43. The molecule has 1 heterocycles. The number of halogens is 5. The van der Waals surface area contributed by atoms with E-state index < -0.39 is 0 Å². The van der Waals surface area contributed by atoms with Crippen LogP contribution >= 0.6 is 70.0 Å². The third-order valence-corrected chi connectivity index (χ3v) is 7.40. The van der Waals surface area contributed by atoms with Crippen molar-refractivity contribution >= 4 is 75.6 Å². The van der Waals surface area contributed by atoms with Gasteiger partial charge in [-0.2, -0.15) is 0 Å². The molecule has 0 spiro atoms. The molecular weight excluding hydrogens is 514 g/mol. The number of rotatable bonds is 5. The maximum atomic E-state index is 6.56. The van der Waals surface area contributed by atoms with Gasteiger partial charge in [0.1, 0.15) is 0 Å². The van der Waals surface area contributed by atoms with Crippen LogP contribution in [0.4, 0.5) is 5.69 Å². The molecule has 1 saturated heterocycles.